The van der Waals surface area contributed by atoms with E-state index in [1.54, 1.807) is 0 Å². The summed E-state index contributed by atoms with van der Waals surface area (Å²) < 4.78 is 38.3. The molecule has 0 saturated heterocycles. The molecule has 0 atom stereocenters. The molecule has 15 heavy (non-hydrogen) atoms. The highest BCUT2D eigenvalue weighted by atomic mass is 32.2. The monoisotopic (exact) mass is 233 g/mol. The van der Waals surface area contributed by atoms with Crippen LogP contribution < -0.4 is 10.5 Å². The fraction of sp³-hybridized carbons (Fsp3) is 0.125. The zero-order valence-corrected chi connectivity index (χ0v) is 8.37. The molecule has 0 bridgehead atoms. The number of thiol groups is 1. The predicted molar refractivity (Wildman–Crippen MR) is 50.6 cm³/mol. The third kappa shape index (κ3) is 3.55. The van der Waals surface area contributed by atoms with E-state index in [1.165, 1.54) is 6.07 Å². The van der Waals surface area contributed by atoms with Crippen molar-refractivity contribution in [2.24, 2.45) is 5.73 Å². The first kappa shape index (κ1) is 11.4. The highest BCUT2D eigenvalue weighted by molar-refractivity contribution is 7.71. The molecule has 0 fully saturated rings. The predicted octanol–water partition coefficient (Wildman–Crippen LogP) is 0.395. The molecule has 7 heteroatoms. The lowest BCUT2D eigenvalue weighted by Crippen LogP contribution is -2.16. The Kier molecular flexibility index (Phi) is 3.62. The average Bonchev–Trinajstić information content (AvgIpc) is 2.09. The van der Waals surface area contributed by atoms with Crippen molar-refractivity contribution in [2.75, 3.05) is 0 Å². The summed E-state index contributed by atoms with van der Waals surface area (Å²) in [7, 11) is -2.74. The Balaban J connectivity index is 2.99. The number of rotatable bonds is 3. The van der Waals surface area contributed by atoms with E-state index in [4.69, 9.17) is 5.73 Å². The third-order valence-corrected chi connectivity index (χ3v) is 2.13. The summed E-state index contributed by atoms with van der Waals surface area (Å²) in [6.45, 7) is 0. The molecule has 0 saturated carbocycles. The van der Waals surface area contributed by atoms with Crippen LogP contribution in [-0.4, -0.2) is 14.5 Å². The van der Waals surface area contributed by atoms with Crippen molar-refractivity contribution in [3.63, 3.8) is 0 Å². The van der Waals surface area contributed by atoms with E-state index >= 15 is 0 Å². The number of ether oxygens (including phenoxy) is 1. The van der Waals surface area contributed by atoms with Crippen LogP contribution in [0.4, 0.5) is 9.18 Å². The maximum absolute atomic E-state index is 13.0. The van der Waals surface area contributed by atoms with Crippen LogP contribution in [0.5, 0.6) is 5.75 Å². The van der Waals surface area contributed by atoms with Crippen molar-refractivity contribution >= 4 is 16.8 Å². The van der Waals surface area contributed by atoms with E-state index in [0.29, 0.717) is 0 Å². The SMILES string of the molecule is NC(=O)Oc1ccc(F)c(C[SH](=O)=O)c1. The minimum absolute atomic E-state index is 0.00995. The van der Waals surface area contributed by atoms with Crippen LogP contribution in [0.15, 0.2) is 18.2 Å². The third-order valence-electron chi connectivity index (χ3n) is 1.54. The van der Waals surface area contributed by atoms with Crippen LogP contribution in [0.3, 0.4) is 0 Å². The van der Waals surface area contributed by atoms with Gasteiger partial charge in [-0.1, -0.05) is 0 Å². The van der Waals surface area contributed by atoms with Crippen LogP contribution >= 0.6 is 0 Å². The summed E-state index contributed by atoms with van der Waals surface area (Å²) in [5.74, 6) is -1.11. The average molecular weight is 233 g/mol. The molecule has 0 heterocycles. The summed E-state index contributed by atoms with van der Waals surface area (Å²) in [6.07, 6.45) is -1.04. The van der Waals surface area contributed by atoms with Crippen molar-refractivity contribution < 1.29 is 22.3 Å². The van der Waals surface area contributed by atoms with Gasteiger partial charge in [-0.3, -0.25) is 0 Å². The number of halogens is 1. The highest BCUT2D eigenvalue weighted by Crippen LogP contribution is 2.17. The van der Waals surface area contributed by atoms with Crippen molar-refractivity contribution in [3.05, 3.63) is 29.6 Å². The zero-order chi connectivity index (χ0) is 11.4. The maximum Gasteiger partial charge on any atom is 0.409 e. The molecule has 82 valence electrons. The molecule has 2 N–H and O–H groups in total. The van der Waals surface area contributed by atoms with Gasteiger partial charge in [0.2, 0.25) is 0 Å². The molecule has 1 rings (SSSR count). The molecular formula is C8H8FNO4S. The summed E-state index contributed by atoms with van der Waals surface area (Å²) >= 11 is 0. The Bertz CT molecular complexity index is 450. The van der Waals surface area contributed by atoms with E-state index in [0.717, 1.165) is 12.1 Å². The van der Waals surface area contributed by atoms with Crippen molar-refractivity contribution in [3.8, 4) is 5.75 Å². The molecule has 1 amide bonds. The van der Waals surface area contributed by atoms with Gasteiger partial charge in [0.05, 0.1) is 5.75 Å². The van der Waals surface area contributed by atoms with Crippen LogP contribution in [0.2, 0.25) is 0 Å². The van der Waals surface area contributed by atoms with Crippen LogP contribution in [0, 0.1) is 5.82 Å². The van der Waals surface area contributed by atoms with E-state index < -0.39 is 28.4 Å². The van der Waals surface area contributed by atoms with Crippen LogP contribution in [0.1, 0.15) is 5.56 Å². The number of benzene rings is 1. The molecule has 0 aliphatic carbocycles. The second-order valence-electron chi connectivity index (χ2n) is 2.67. The number of carbonyl (C=O) groups is 1. The Morgan fingerprint density at radius 1 is 1.47 bits per heavy atom. The number of hydrogen-bond donors (Lipinski definition) is 2. The quantitative estimate of drug-likeness (QED) is 0.739. The first-order valence-corrected chi connectivity index (χ1v) is 5.23. The number of carbonyl (C=O) groups excluding carboxylic acids is 1. The molecule has 0 aromatic heterocycles. The largest absolute Gasteiger partial charge is 0.410 e. The Morgan fingerprint density at radius 2 is 2.13 bits per heavy atom. The number of primary amides is 1. The maximum atomic E-state index is 13.0. The number of nitrogens with two attached hydrogens (primary N) is 1. The normalized spacial score (nSPS) is 10.3. The Hall–Kier alpha value is -1.63. The summed E-state index contributed by atoms with van der Waals surface area (Å²) in [5, 5.41) is 0. The Labute approximate surface area is 86.6 Å². The summed E-state index contributed by atoms with van der Waals surface area (Å²) in [4.78, 5) is 10.4. The first-order chi connectivity index (χ1) is 6.99. The van der Waals surface area contributed by atoms with Gasteiger partial charge in [-0.05, 0) is 18.2 Å². The van der Waals surface area contributed by atoms with Gasteiger partial charge in [0.25, 0.3) is 0 Å². The lowest BCUT2D eigenvalue weighted by molar-refractivity contribution is 0.211. The van der Waals surface area contributed by atoms with Gasteiger partial charge >= 0.3 is 6.09 Å². The van der Waals surface area contributed by atoms with Crippen molar-refractivity contribution in [1.82, 2.24) is 0 Å². The fourth-order valence-corrected chi connectivity index (χ4v) is 1.51. The molecular weight excluding hydrogens is 225 g/mol. The van der Waals surface area contributed by atoms with Gasteiger partial charge in [-0.15, -0.1) is 0 Å². The van der Waals surface area contributed by atoms with E-state index in [1.807, 2.05) is 0 Å². The second kappa shape index (κ2) is 4.74. The molecule has 1 aromatic carbocycles. The zero-order valence-electron chi connectivity index (χ0n) is 7.47. The topological polar surface area (TPSA) is 86.5 Å². The minimum atomic E-state index is -2.74. The molecule has 0 radical (unpaired) electrons. The van der Waals surface area contributed by atoms with E-state index in [2.05, 4.69) is 4.74 Å². The van der Waals surface area contributed by atoms with E-state index in [-0.39, 0.29) is 11.3 Å². The second-order valence-corrected chi connectivity index (χ2v) is 3.65. The number of hydrogen-bond acceptors (Lipinski definition) is 4. The molecule has 0 aliphatic rings. The lowest BCUT2D eigenvalue weighted by Gasteiger charge is -2.03. The summed E-state index contributed by atoms with van der Waals surface area (Å²) in [6, 6.07) is 3.30. The smallest absolute Gasteiger partial charge is 0.409 e. The number of amides is 1. The van der Waals surface area contributed by atoms with Crippen LogP contribution in [-0.2, 0) is 16.5 Å². The molecule has 0 unspecified atom stereocenters. The van der Waals surface area contributed by atoms with Gasteiger partial charge in [0.15, 0.2) is 0 Å². The van der Waals surface area contributed by atoms with Gasteiger partial charge in [-0.2, -0.15) is 0 Å². The van der Waals surface area contributed by atoms with E-state index in [9.17, 15) is 17.6 Å². The lowest BCUT2D eigenvalue weighted by atomic mass is 10.2. The fourth-order valence-electron chi connectivity index (χ4n) is 0.991. The summed E-state index contributed by atoms with van der Waals surface area (Å²) in [5.41, 5.74) is 4.67. The van der Waals surface area contributed by atoms with Gasteiger partial charge in [0.1, 0.15) is 22.3 Å². The molecule has 0 spiro atoms. The van der Waals surface area contributed by atoms with Crippen LogP contribution in [0.25, 0.3) is 0 Å². The molecule has 0 aliphatic heterocycles. The van der Waals surface area contributed by atoms with Gasteiger partial charge < -0.3 is 10.5 Å². The van der Waals surface area contributed by atoms with Crippen molar-refractivity contribution in [1.29, 1.82) is 0 Å². The Morgan fingerprint density at radius 3 is 2.67 bits per heavy atom. The standard InChI is InChI=1S/C8H8FNO4S/c9-7-2-1-6(14-8(10)11)3-5(7)4-15(12)13/h1-3,15H,4H2,(H2,10,11). The van der Waals surface area contributed by atoms with Crippen molar-refractivity contribution in [2.45, 2.75) is 5.75 Å². The highest BCUT2D eigenvalue weighted by Gasteiger charge is 2.07. The molecule has 1 aromatic rings. The minimum Gasteiger partial charge on any atom is -0.410 e. The van der Waals surface area contributed by atoms with Gasteiger partial charge in [0, 0.05) is 5.56 Å². The molecule has 5 nitrogen and oxygen atoms in total. The van der Waals surface area contributed by atoms with Gasteiger partial charge in [-0.25, -0.2) is 17.6 Å². The first-order valence-electron chi connectivity index (χ1n) is 3.86.